The zero-order valence-corrected chi connectivity index (χ0v) is 11.9. The van der Waals surface area contributed by atoms with Crippen molar-refractivity contribution in [1.82, 2.24) is 9.91 Å². The van der Waals surface area contributed by atoms with Gasteiger partial charge >= 0.3 is 0 Å². The van der Waals surface area contributed by atoms with Crippen LogP contribution in [-0.2, 0) is 0 Å². The Morgan fingerprint density at radius 3 is 2.12 bits per heavy atom. The summed E-state index contributed by atoms with van der Waals surface area (Å²) in [5.41, 5.74) is 0.146. The molecule has 1 rings (SSSR count). The molecule has 0 fully saturated rings. The molecule has 0 saturated carbocycles. The molecule has 0 saturated heterocycles. The normalized spacial score (nSPS) is 21.7. The fraction of sp³-hybridized carbons (Fsp3) is 0.923. The van der Waals surface area contributed by atoms with Crippen molar-refractivity contribution in [2.24, 2.45) is 11.0 Å². The maximum atomic E-state index is 4.55. The summed E-state index contributed by atoms with van der Waals surface area (Å²) in [5.74, 6) is 0.692. The number of hydrazone groups is 1. The lowest BCUT2D eigenvalue weighted by molar-refractivity contribution is 0.0403. The van der Waals surface area contributed by atoms with Gasteiger partial charge in [0, 0.05) is 11.6 Å². The minimum atomic E-state index is 0.146. The molecule has 0 spiro atoms. The Kier molecular flexibility index (Phi) is 3.87. The third-order valence-corrected chi connectivity index (χ3v) is 2.92. The molecule has 0 aromatic rings. The topological polar surface area (TPSA) is 18.8 Å². The fourth-order valence-corrected chi connectivity index (χ4v) is 2.14. The van der Waals surface area contributed by atoms with Gasteiger partial charge in [-0.1, -0.05) is 13.8 Å². The SMILES string of the molecule is CC(C)CC1N(C(C)C)N=CN1C(C)(C)C. The molecular formula is C13H27N3. The molecule has 0 amide bonds. The smallest absolute Gasteiger partial charge is 0.120 e. The maximum absolute atomic E-state index is 4.55. The van der Waals surface area contributed by atoms with Crippen LogP contribution in [0, 0.1) is 5.92 Å². The van der Waals surface area contributed by atoms with Crippen LogP contribution in [0.15, 0.2) is 5.10 Å². The molecule has 1 aliphatic rings. The molecule has 3 heteroatoms. The van der Waals surface area contributed by atoms with E-state index in [4.69, 9.17) is 0 Å². The number of hydrogen-bond acceptors (Lipinski definition) is 3. The van der Waals surface area contributed by atoms with Crippen LogP contribution in [0.4, 0.5) is 0 Å². The van der Waals surface area contributed by atoms with Crippen LogP contribution in [0.5, 0.6) is 0 Å². The minimum absolute atomic E-state index is 0.146. The van der Waals surface area contributed by atoms with Crippen LogP contribution in [0.1, 0.15) is 54.9 Å². The average molecular weight is 225 g/mol. The molecule has 0 aromatic carbocycles. The van der Waals surface area contributed by atoms with Crippen molar-refractivity contribution < 1.29 is 0 Å². The van der Waals surface area contributed by atoms with Gasteiger partial charge in [0.2, 0.25) is 0 Å². The van der Waals surface area contributed by atoms with E-state index >= 15 is 0 Å². The lowest BCUT2D eigenvalue weighted by atomic mass is 10.0. The zero-order valence-electron chi connectivity index (χ0n) is 11.9. The Morgan fingerprint density at radius 1 is 1.19 bits per heavy atom. The van der Waals surface area contributed by atoms with E-state index in [-0.39, 0.29) is 5.54 Å². The van der Waals surface area contributed by atoms with Crippen molar-refractivity contribution in [2.45, 2.75) is 72.6 Å². The quantitative estimate of drug-likeness (QED) is 0.735. The standard InChI is InChI=1S/C13H27N3/c1-10(2)8-12-15(13(5,6)7)9-14-16(12)11(3)4/h9-12H,8H2,1-7H3. The monoisotopic (exact) mass is 225 g/mol. The first-order chi connectivity index (χ1) is 7.23. The number of hydrogen-bond donors (Lipinski definition) is 0. The maximum Gasteiger partial charge on any atom is 0.120 e. The summed E-state index contributed by atoms with van der Waals surface area (Å²) in [7, 11) is 0. The molecule has 1 aliphatic heterocycles. The van der Waals surface area contributed by atoms with Crippen LogP contribution in [0.3, 0.4) is 0 Å². The molecule has 1 unspecified atom stereocenters. The summed E-state index contributed by atoms with van der Waals surface area (Å²) < 4.78 is 0. The van der Waals surface area contributed by atoms with E-state index in [1.165, 1.54) is 0 Å². The summed E-state index contributed by atoms with van der Waals surface area (Å²) >= 11 is 0. The van der Waals surface area contributed by atoms with Gasteiger partial charge < -0.3 is 4.90 Å². The predicted molar refractivity (Wildman–Crippen MR) is 70.3 cm³/mol. The molecule has 3 nitrogen and oxygen atoms in total. The molecular weight excluding hydrogens is 198 g/mol. The van der Waals surface area contributed by atoms with Gasteiger partial charge in [0.25, 0.3) is 0 Å². The largest absolute Gasteiger partial charge is 0.334 e. The van der Waals surface area contributed by atoms with Crippen LogP contribution < -0.4 is 0 Å². The van der Waals surface area contributed by atoms with Crippen LogP contribution in [0.2, 0.25) is 0 Å². The molecule has 0 bridgehead atoms. The Hall–Kier alpha value is -0.730. The van der Waals surface area contributed by atoms with Gasteiger partial charge in [0.05, 0.1) is 0 Å². The summed E-state index contributed by atoms with van der Waals surface area (Å²) in [6.07, 6.45) is 3.59. The van der Waals surface area contributed by atoms with Gasteiger partial charge in [0.1, 0.15) is 12.5 Å². The lowest BCUT2D eigenvalue weighted by Gasteiger charge is -2.41. The third kappa shape index (κ3) is 2.89. The van der Waals surface area contributed by atoms with Gasteiger partial charge in [0.15, 0.2) is 0 Å². The third-order valence-electron chi connectivity index (χ3n) is 2.92. The van der Waals surface area contributed by atoms with E-state index in [9.17, 15) is 0 Å². The van der Waals surface area contributed by atoms with Gasteiger partial charge in [-0.3, -0.25) is 5.01 Å². The van der Waals surface area contributed by atoms with E-state index in [0.29, 0.717) is 18.1 Å². The summed E-state index contributed by atoms with van der Waals surface area (Å²) in [4.78, 5) is 2.38. The number of rotatable bonds is 3. The molecule has 94 valence electrons. The predicted octanol–water partition coefficient (Wildman–Crippen LogP) is 3.13. The second kappa shape index (κ2) is 4.64. The Balaban J connectivity index is 2.84. The van der Waals surface area contributed by atoms with E-state index in [2.05, 4.69) is 63.5 Å². The molecule has 16 heavy (non-hydrogen) atoms. The van der Waals surface area contributed by atoms with Gasteiger partial charge in [-0.2, -0.15) is 5.10 Å². The fourth-order valence-electron chi connectivity index (χ4n) is 2.14. The second-order valence-corrected chi connectivity index (χ2v) is 6.39. The van der Waals surface area contributed by atoms with Gasteiger partial charge in [-0.25, -0.2) is 0 Å². The van der Waals surface area contributed by atoms with Crippen molar-refractivity contribution in [3.05, 3.63) is 0 Å². The Morgan fingerprint density at radius 2 is 1.75 bits per heavy atom. The second-order valence-electron chi connectivity index (χ2n) is 6.39. The summed E-state index contributed by atoms with van der Waals surface area (Å²) in [6, 6.07) is 0.465. The van der Waals surface area contributed by atoms with E-state index in [1.54, 1.807) is 0 Å². The number of nitrogens with zero attached hydrogens (tertiary/aromatic N) is 3. The van der Waals surface area contributed by atoms with Crippen molar-refractivity contribution in [1.29, 1.82) is 0 Å². The molecule has 0 radical (unpaired) electrons. The lowest BCUT2D eigenvalue weighted by Crippen LogP contribution is -2.51. The summed E-state index contributed by atoms with van der Waals surface area (Å²) in [5, 5.41) is 6.78. The van der Waals surface area contributed by atoms with Crippen molar-refractivity contribution >= 4 is 6.34 Å². The molecule has 0 aliphatic carbocycles. The highest BCUT2D eigenvalue weighted by molar-refractivity contribution is 5.58. The van der Waals surface area contributed by atoms with Crippen LogP contribution >= 0.6 is 0 Å². The van der Waals surface area contributed by atoms with Crippen molar-refractivity contribution in [2.75, 3.05) is 0 Å². The zero-order chi connectivity index (χ0) is 12.5. The van der Waals surface area contributed by atoms with Gasteiger partial charge in [-0.05, 0) is 47.0 Å². The molecule has 1 atom stereocenters. The first-order valence-corrected chi connectivity index (χ1v) is 6.34. The minimum Gasteiger partial charge on any atom is -0.334 e. The van der Waals surface area contributed by atoms with Crippen molar-refractivity contribution in [3.8, 4) is 0 Å². The van der Waals surface area contributed by atoms with E-state index in [0.717, 1.165) is 6.42 Å². The van der Waals surface area contributed by atoms with Crippen LogP contribution in [-0.4, -0.2) is 34.0 Å². The molecule has 0 N–H and O–H groups in total. The van der Waals surface area contributed by atoms with Crippen LogP contribution in [0.25, 0.3) is 0 Å². The molecule has 0 aromatic heterocycles. The first kappa shape index (κ1) is 13.3. The van der Waals surface area contributed by atoms with E-state index in [1.807, 2.05) is 6.34 Å². The summed E-state index contributed by atoms with van der Waals surface area (Å²) in [6.45, 7) is 15.7. The highest BCUT2D eigenvalue weighted by atomic mass is 15.6. The van der Waals surface area contributed by atoms with Gasteiger partial charge in [-0.15, -0.1) is 0 Å². The highest BCUT2D eigenvalue weighted by Gasteiger charge is 2.35. The molecule has 1 heterocycles. The first-order valence-electron chi connectivity index (χ1n) is 6.34. The van der Waals surface area contributed by atoms with E-state index < -0.39 is 0 Å². The van der Waals surface area contributed by atoms with Crippen molar-refractivity contribution in [3.63, 3.8) is 0 Å². The Bertz CT molecular complexity index is 250. The average Bonchev–Trinajstić information content (AvgIpc) is 2.45. The Labute approximate surface area is 100 Å². The highest BCUT2D eigenvalue weighted by Crippen LogP contribution is 2.28.